The fourth-order valence-electron chi connectivity index (χ4n) is 2.56. The summed E-state index contributed by atoms with van der Waals surface area (Å²) in [7, 11) is 0. The Kier molecular flexibility index (Phi) is 4.18. The molecule has 0 spiro atoms. The van der Waals surface area contributed by atoms with Crippen LogP contribution in [0.3, 0.4) is 0 Å². The van der Waals surface area contributed by atoms with Gasteiger partial charge in [0.05, 0.1) is 6.04 Å². The molecule has 4 heteroatoms. The van der Waals surface area contributed by atoms with Gasteiger partial charge < -0.3 is 10.2 Å². The second kappa shape index (κ2) is 5.85. The third-order valence-corrected chi connectivity index (χ3v) is 3.56. The number of aromatic nitrogens is 1. The second-order valence-corrected chi connectivity index (χ2v) is 4.79. The van der Waals surface area contributed by atoms with Crippen LogP contribution in [0.4, 0.5) is 4.79 Å². The van der Waals surface area contributed by atoms with Crippen LogP contribution in [-0.2, 0) is 0 Å². The first kappa shape index (κ1) is 12.9. The van der Waals surface area contributed by atoms with Gasteiger partial charge in [0.15, 0.2) is 0 Å². The van der Waals surface area contributed by atoms with Gasteiger partial charge in [-0.3, -0.25) is 4.98 Å². The van der Waals surface area contributed by atoms with Crippen LogP contribution in [0.25, 0.3) is 0 Å². The number of pyridine rings is 1. The number of amides is 2. The molecule has 1 saturated heterocycles. The Bertz CT molecular complexity index is 393. The predicted molar refractivity (Wildman–Crippen MR) is 71.2 cm³/mol. The molecule has 1 N–H and O–H groups in total. The van der Waals surface area contributed by atoms with Crippen LogP contribution in [0.15, 0.2) is 24.5 Å². The van der Waals surface area contributed by atoms with Crippen molar-refractivity contribution in [3.05, 3.63) is 30.1 Å². The van der Waals surface area contributed by atoms with Crippen LogP contribution in [0.2, 0.25) is 0 Å². The van der Waals surface area contributed by atoms with Crippen LogP contribution in [0.5, 0.6) is 0 Å². The SMILES string of the molecule is CCCC(CC)N1CC(c2cccnc2)NC1=O. The van der Waals surface area contributed by atoms with Crippen LogP contribution in [-0.4, -0.2) is 28.5 Å². The first-order chi connectivity index (χ1) is 8.76. The molecule has 0 saturated carbocycles. The molecule has 1 aromatic rings. The summed E-state index contributed by atoms with van der Waals surface area (Å²) in [6, 6.07) is 4.42. The molecule has 1 fully saturated rings. The summed E-state index contributed by atoms with van der Waals surface area (Å²) in [5.74, 6) is 0. The Balaban J connectivity index is 2.07. The zero-order chi connectivity index (χ0) is 13.0. The van der Waals surface area contributed by atoms with E-state index in [1.165, 1.54) is 0 Å². The number of rotatable bonds is 5. The summed E-state index contributed by atoms with van der Waals surface area (Å²) in [5, 5.41) is 3.04. The van der Waals surface area contributed by atoms with Crippen molar-refractivity contribution in [2.75, 3.05) is 6.54 Å². The Morgan fingerprint density at radius 1 is 1.56 bits per heavy atom. The number of hydrogen-bond acceptors (Lipinski definition) is 2. The van der Waals surface area contributed by atoms with Crippen LogP contribution in [0, 0.1) is 0 Å². The number of nitrogens with zero attached hydrogens (tertiary/aromatic N) is 2. The summed E-state index contributed by atoms with van der Waals surface area (Å²) in [4.78, 5) is 18.1. The standard InChI is InChI=1S/C14H21N3O/c1-3-6-12(4-2)17-10-13(16-14(17)18)11-7-5-8-15-9-11/h5,7-9,12-13H,3-4,6,10H2,1-2H3,(H,16,18). The number of carbonyl (C=O) groups is 1. The lowest BCUT2D eigenvalue weighted by Gasteiger charge is -2.25. The highest BCUT2D eigenvalue weighted by Gasteiger charge is 2.33. The Morgan fingerprint density at radius 2 is 2.39 bits per heavy atom. The first-order valence-electron chi connectivity index (χ1n) is 6.73. The van der Waals surface area contributed by atoms with E-state index in [-0.39, 0.29) is 12.1 Å². The van der Waals surface area contributed by atoms with E-state index in [4.69, 9.17) is 0 Å². The first-order valence-corrected chi connectivity index (χ1v) is 6.73. The van der Waals surface area contributed by atoms with Gasteiger partial charge in [-0.1, -0.05) is 26.3 Å². The maximum Gasteiger partial charge on any atom is 0.318 e. The number of nitrogens with one attached hydrogen (secondary N) is 1. The van der Waals surface area contributed by atoms with E-state index in [0.29, 0.717) is 6.04 Å². The molecular weight excluding hydrogens is 226 g/mol. The highest BCUT2D eigenvalue weighted by Crippen LogP contribution is 2.23. The van der Waals surface area contributed by atoms with Crippen molar-refractivity contribution in [3.8, 4) is 0 Å². The van der Waals surface area contributed by atoms with E-state index in [1.807, 2.05) is 23.2 Å². The molecule has 0 bridgehead atoms. The lowest BCUT2D eigenvalue weighted by Crippen LogP contribution is -2.37. The number of urea groups is 1. The summed E-state index contributed by atoms with van der Waals surface area (Å²) >= 11 is 0. The van der Waals surface area contributed by atoms with Crippen LogP contribution in [0.1, 0.15) is 44.7 Å². The average Bonchev–Trinajstić information content (AvgIpc) is 2.79. The molecule has 2 heterocycles. The van der Waals surface area contributed by atoms with E-state index in [1.54, 1.807) is 6.20 Å². The Hall–Kier alpha value is -1.58. The third kappa shape index (κ3) is 2.63. The molecule has 18 heavy (non-hydrogen) atoms. The van der Waals surface area contributed by atoms with Gasteiger partial charge in [0, 0.05) is 25.0 Å². The average molecular weight is 247 g/mol. The van der Waals surface area contributed by atoms with E-state index < -0.39 is 0 Å². The van der Waals surface area contributed by atoms with Crippen LogP contribution >= 0.6 is 0 Å². The maximum atomic E-state index is 12.0. The van der Waals surface area contributed by atoms with Gasteiger partial charge in [-0.05, 0) is 24.5 Å². The van der Waals surface area contributed by atoms with Crippen molar-refractivity contribution >= 4 is 6.03 Å². The number of carbonyl (C=O) groups excluding carboxylic acids is 1. The molecule has 1 aromatic heterocycles. The minimum atomic E-state index is 0.0594. The molecule has 0 radical (unpaired) electrons. The summed E-state index contributed by atoms with van der Waals surface area (Å²) in [6.07, 6.45) is 6.78. The summed E-state index contributed by atoms with van der Waals surface area (Å²) in [6.45, 7) is 5.06. The largest absolute Gasteiger partial charge is 0.329 e. The molecule has 0 aromatic carbocycles. The van der Waals surface area contributed by atoms with Crippen molar-refractivity contribution in [1.82, 2.24) is 15.2 Å². The topological polar surface area (TPSA) is 45.2 Å². The zero-order valence-corrected chi connectivity index (χ0v) is 11.1. The lowest BCUT2D eigenvalue weighted by atomic mass is 10.1. The maximum absolute atomic E-state index is 12.0. The summed E-state index contributed by atoms with van der Waals surface area (Å²) < 4.78 is 0. The van der Waals surface area contributed by atoms with Crippen molar-refractivity contribution in [2.45, 2.75) is 45.2 Å². The van der Waals surface area contributed by atoms with Gasteiger partial charge in [0.1, 0.15) is 0 Å². The normalized spacial score (nSPS) is 20.9. The highest BCUT2D eigenvalue weighted by molar-refractivity contribution is 5.77. The van der Waals surface area contributed by atoms with E-state index in [9.17, 15) is 4.79 Å². The molecule has 1 aliphatic heterocycles. The van der Waals surface area contributed by atoms with Gasteiger partial charge in [-0.2, -0.15) is 0 Å². The molecular formula is C14H21N3O. The van der Waals surface area contributed by atoms with Crippen molar-refractivity contribution in [2.24, 2.45) is 0 Å². The second-order valence-electron chi connectivity index (χ2n) is 4.79. The van der Waals surface area contributed by atoms with Gasteiger partial charge in [-0.15, -0.1) is 0 Å². The van der Waals surface area contributed by atoms with Crippen molar-refractivity contribution < 1.29 is 4.79 Å². The smallest absolute Gasteiger partial charge is 0.318 e. The molecule has 2 amide bonds. The van der Waals surface area contributed by atoms with Crippen LogP contribution < -0.4 is 5.32 Å². The summed E-state index contributed by atoms with van der Waals surface area (Å²) in [5.41, 5.74) is 1.08. The van der Waals surface area contributed by atoms with E-state index >= 15 is 0 Å². The fourth-order valence-corrected chi connectivity index (χ4v) is 2.56. The van der Waals surface area contributed by atoms with Crippen molar-refractivity contribution in [1.29, 1.82) is 0 Å². The molecule has 98 valence electrons. The Morgan fingerprint density at radius 3 is 3.00 bits per heavy atom. The van der Waals surface area contributed by atoms with Gasteiger partial charge in [0.25, 0.3) is 0 Å². The number of hydrogen-bond donors (Lipinski definition) is 1. The minimum Gasteiger partial charge on any atom is -0.329 e. The fraction of sp³-hybridized carbons (Fsp3) is 0.571. The molecule has 2 rings (SSSR count). The van der Waals surface area contributed by atoms with Gasteiger partial charge in [-0.25, -0.2) is 4.79 Å². The lowest BCUT2D eigenvalue weighted by molar-refractivity contribution is 0.191. The van der Waals surface area contributed by atoms with E-state index in [2.05, 4.69) is 24.1 Å². The minimum absolute atomic E-state index is 0.0594. The van der Waals surface area contributed by atoms with Crippen molar-refractivity contribution in [3.63, 3.8) is 0 Å². The van der Waals surface area contributed by atoms with Gasteiger partial charge >= 0.3 is 6.03 Å². The molecule has 2 unspecified atom stereocenters. The molecule has 1 aliphatic rings. The molecule has 2 atom stereocenters. The predicted octanol–water partition coefficient (Wildman–Crippen LogP) is 2.73. The monoisotopic (exact) mass is 247 g/mol. The molecule has 0 aliphatic carbocycles. The Labute approximate surface area is 108 Å². The zero-order valence-electron chi connectivity index (χ0n) is 11.1. The third-order valence-electron chi connectivity index (χ3n) is 3.56. The highest BCUT2D eigenvalue weighted by atomic mass is 16.2. The van der Waals surface area contributed by atoms with E-state index in [0.717, 1.165) is 31.4 Å². The molecule has 4 nitrogen and oxygen atoms in total. The quantitative estimate of drug-likeness (QED) is 0.869. The van der Waals surface area contributed by atoms with Gasteiger partial charge in [0.2, 0.25) is 0 Å².